The molecule has 44 heavy (non-hydrogen) atoms. The summed E-state index contributed by atoms with van der Waals surface area (Å²) in [5, 5.41) is 22.1. The van der Waals surface area contributed by atoms with Crippen LogP contribution in [0, 0.1) is 83.1 Å². The Bertz CT molecular complexity index is 1950. The second-order valence-corrected chi connectivity index (χ2v) is 26.5. The van der Waals surface area contributed by atoms with Crippen LogP contribution in [0.25, 0.3) is 0 Å². The third-order valence-corrected chi connectivity index (χ3v) is 32.7. The zero-order valence-electron chi connectivity index (χ0n) is 27.8. The SMILES string of the molecule is Cc1cc(C)n([Si-]23(n4nc(C)cc4C)n4c(C)cc(C)[n+]4[Si-]2(n2nc(C)cc2C)(n2nc(C)cc2C)n2c(C)cc(C)[n+]23)n1. The predicted octanol–water partition coefficient (Wildman–Crippen LogP) is 2.52. The van der Waals surface area contributed by atoms with Gasteiger partial charge in [0.05, 0.1) is 0 Å². The van der Waals surface area contributed by atoms with Crippen molar-refractivity contribution in [1.82, 2.24) is 46.5 Å². The summed E-state index contributed by atoms with van der Waals surface area (Å²) in [7, 11) is -9.29. The van der Waals surface area contributed by atoms with E-state index in [4.69, 9.17) is 20.4 Å². The third-order valence-electron chi connectivity index (χ3n) is 10.5. The van der Waals surface area contributed by atoms with Crippen molar-refractivity contribution < 1.29 is 8.69 Å². The molecule has 2 aliphatic heterocycles. The number of rotatable bonds is 4. The van der Waals surface area contributed by atoms with E-state index in [0.29, 0.717) is 0 Å². The van der Waals surface area contributed by atoms with E-state index < -0.39 is 15.0 Å². The Labute approximate surface area is 257 Å². The Kier molecular flexibility index (Phi) is 4.64. The number of nitrogens with zero attached hydrogens (tertiary/aromatic N) is 12. The van der Waals surface area contributed by atoms with Crippen LogP contribution in [0.4, 0.5) is 0 Å². The molecule has 0 saturated heterocycles. The van der Waals surface area contributed by atoms with Gasteiger partial charge < -0.3 is 0 Å². The first-order valence-corrected chi connectivity index (χ1v) is 21.0. The summed E-state index contributed by atoms with van der Waals surface area (Å²) < 4.78 is 19.9. The Hall–Kier alpha value is -4.31. The Morgan fingerprint density at radius 3 is 0.841 bits per heavy atom. The van der Waals surface area contributed by atoms with E-state index in [2.05, 4.69) is 154 Å². The van der Waals surface area contributed by atoms with Gasteiger partial charge in [-0.15, -0.1) is 0 Å². The Morgan fingerprint density at radius 1 is 0.386 bits per heavy atom. The van der Waals surface area contributed by atoms with Gasteiger partial charge in [-0.2, -0.15) is 0 Å². The maximum atomic E-state index is 5.53. The number of hydrogen-bond donors (Lipinski definition) is 0. The van der Waals surface area contributed by atoms with Gasteiger partial charge in [0.15, 0.2) is 0 Å². The van der Waals surface area contributed by atoms with Crippen molar-refractivity contribution in [2.45, 2.75) is 83.1 Å². The van der Waals surface area contributed by atoms with Crippen molar-refractivity contribution in [3.8, 4) is 0 Å². The van der Waals surface area contributed by atoms with Crippen LogP contribution < -0.4 is 8.69 Å². The molecule has 0 radical (unpaired) electrons. The van der Waals surface area contributed by atoms with Crippen molar-refractivity contribution in [3.63, 3.8) is 0 Å². The molecule has 2 aliphatic rings. The molecule has 0 aromatic carbocycles. The number of aromatic nitrogens is 12. The molecule has 0 bridgehead atoms. The van der Waals surface area contributed by atoms with Crippen LogP contribution in [0.2, 0.25) is 0 Å². The topological polar surface area (TPSA) is 88.9 Å². The predicted molar refractivity (Wildman–Crippen MR) is 170 cm³/mol. The quantitative estimate of drug-likeness (QED) is 0.282. The van der Waals surface area contributed by atoms with E-state index in [0.717, 1.165) is 68.3 Å². The molecule has 0 aliphatic carbocycles. The number of fused-ring (bicyclic) bond motifs is 7. The molecule has 0 saturated carbocycles. The molecule has 14 heteroatoms. The molecule has 0 amide bonds. The standard InChI is InChI=1S/C30H42N12Si2/c1-19-13-23(5)35(31-19)43(36-24(6)14-20(2)32-36)39-27(9)17-29(11)41(39)44(43,37-25(7)15-21(3)33-37,38-26(8)16-22(4)34-38)42-30(12)18-28(10)40(42)43/h13-18H,1-12H3. The van der Waals surface area contributed by atoms with Gasteiger partial charge in [-0.1, -0.05) is 0 Å². The molecule has 8 heterocycles. The normalized spacial score (nSPS) is 19.9. The molecule has 0 spiro atoms. The fraction of sp³-hybridized carbons (Fsp3) is 0.400. The summed E-state index contributed by atoms with van der Waals surface area (Å²) in [4.78, 5) is 0. The first-order valence-electron chi connectivity index (χ1n) is 15.4. The van der Waals surface area contributed by atoms with Crippen molar-refractivity contribution in [2.75, 3.05) is 0 Å². The second-order valence-electron chi connectivity index (χ2n) is 13.6. The first kappa shape index (κ1) is 27.3. The van der Waals surface area contributed by atoms with Crippen LogP contribution in [0.3, 0.4) is 0 Å². The van der Waals surface area contributed by atoms with Crippen LogP contribution >= 0.6 is 0 Å². The molecule has 0 unspecified atom stereocenters. The molecular formula is C30H42N12Si2. The van der Waals surface area contributed by atoms with Gasteiger partial charge in [0.25, 0.3) is 0 Å². The fourth-order valence-corrected chi connectivity index (χ4v) is 40.6. The van der Waals surface area contributed by atoms with Gasteiger partial charge in [-0.3, -0.25) is 0 Å². The summed E-state index contributed by atoms with van der Waals surface area (Å²) >= 11 is 0. The monoisotopic (exact) mass is 626 g/mol. The molecule has 0 atom stereocenters. The van der Waals surface area contributed by atoms with Gasteiger partial charge in [0.1, 0.15) is 0 Å². The average molecular weight is 627 g/mol. The molecule has 8 rings (SSSR count). The molecule has 6 aromatic rings. The van der Waals surface area contributed by atoms with Gasteiger partial charge in [-0.25, -0.2) is 0 Å². The van der Waals surface area contributed by atoms with Crippen LogP contribution in [-0.4, -0.2) is 61.5 Å². The zero-order valence-corrected chi connectivity index (χ0v) is 29.8. The molecule has 0 N–H and O–H groups in total. The van der Waals surface area contributed by atoms with Crippen LogP contribution in [0.1, 0.15) is 68.3 Å². The minimum absolute atomic E-state index is 0.969. The van der Waals surface area contributed by atoms with Gasteiger partial charge >= 0.3 is 258 Å². The molecule has 230 valence electrons. The van der Waals surface area contributed by atoms with Crippen LogP contribution in [-0.2, 0) is 0 Å². The van der Waals surface area contributed by atoms with Crippen molar-refractivity contribution in [3.05, 3.63) is 105 Å². The van der Waals surface area contributed by atoms with Crippen LogP contribution in [0.5, 0.6) is 0 Å². The minimum atomic E-state index is -4.64. The van der Waals surface area contributed by atoms with E-state index in [1.54, 1.807) is 0 Å². The Balaban J connectivity index is 1.89. The summed E-state index contributed by atoms with van der Waals surface area (Å²) in [5.74, 6) is 0. The molecular weight excluding hydrogens is 585 g/mol. The van der Waals surface area contributed by atoms with Gasteiger partial charge in [0, 0.05) is 0 Å². The van der Waals surface area contributed by atoms with E-state index in [1.807, 2.05) is 0 Å². The summed E-state index contributed by atoms with van der Waals surface area (Å²) in [6.07, 6.45) is 0. The van der Waals surface area contributed by atoms with E-state index >= 15 is 0 Å². The van der Waals surface area contributed by atoms with Crippen molar-refractivity contribution in [1.29, 1.82) is 0 Å². The fourth-order valence-electron chi connectivity index (χ4n) is 10.2. The Morgan fingerprint density at radius 2 is 0.636 bits per heavy atom. The number of hydrogen-bond acceptors (Lipinski definition) is 4. The zero-order chi connectivity index (χ0) is 31.5. The van der Waals surface area contributed by atoms with Gasteiger partial charge in [-0.05, 0) is 0 Å². The van der Waals surface area contributed by atoms with E-state index in [9.17, 15) is 0 Å². The van der Waals surface area contributed by atoms with Crippen LogP contribution in [0.15, 0.2) is 36.4 Å². The van der Waals surface area contributed by atoms with Crippen molar-refractivity contribution >= 4 is 15.0 Å². The first-order chi connectivity index (χ1) is 20.7. The van der Waals surface area contributed by atoms with Gasteiger partial charge in [0.2, 0.25) is 0 Å². The maximum absolute atomic E-state index is 5.53. The number of aryl methyl sites for hydroxylation is 12. The van der Waals surface area contributed by atoms with Crippen molar-refractivity contribution in [2.24, 2.45) is 0 Å². The second kappa shape index (κ2) is 7.49. The summed E-state index contributed by atoms with van der Waals surface area (Å²) in [6, 6.07) is 13.5. The van der Waals surface area contributed by atoms with E-state index in [1.165, 1.54) is 0 Å². The van der Waals surface area contributed by atoms with E-state index in [-0.39, 0.29) is 0 Å². The summed E-state index contributed by atoms with van der Waals surface area (Å²) in [5.41, 5.74) is 12.8. The molecule has 0 fully saturated rings. The average Bonchev–Trinajstić information content (AvgIpc) is 3.73. The third kappa shape index (κ3) is 2.09. The molecule has 12 nitrogen and oxygen atoms in total. The summed E-state index contributed by atoms with van der Waals surface area (Å²) in [6.45, 7) is 26.1. The molecule has 6 aromatic heterocycles.